The molecule has 4 aromatic carbocycles. The predicted octanol–water partition coefficient (Wildman–Crippen LogP) is 6.56. The van der Waals surface area contributed by atoms with Crippen molar-refractivity contribution in [3.05, 3.63) is 125 Å². The van der Waals surface area contributed by atoms with E-state index >= 15 is 0 Å². The Kier molecular flexibility index (Phi) is 9.19. The molecule has 7 heteroatoms. The van der Waals surface area contributed by atoms with E-state index in [2.05, 4.69) is 30.1 Å². The number of ether oxygens (including phenoxy) is 3. The Morgan fingerprint density at radius 3 is 1.87 bits per heavy atom. The van der Waals surface area contributed by atoms with Crippen LogP contribution < -0.4 is 15.2 Å². The van der Waals surface area contributed by atoms with Crippen molar-refractivity contribution in [2.75, 3.05) is 6.61 Å². The molecule has 0 aromatic heterocycles. The van der Waals surface area contributed by atoms with Gasteiger partial charge in [-0.3, -0.25) is 0 Å². The summed E-state index contributed by atoms with van der Waals surface area (Å²) in [7, 11) is 0. The summed E-state index contributed by atoms with van der Waals surface area (Å²) >= 11 is 0. The molecule has 0 saturated heterocycles. The van der Waals surface area contributed by atoms with Crippen LogP contribution in [0.1, 0.15) is 47.6 Å². The number of hydrogen-bond acceptors (Lipinski definition) is 5. The number of amidine groups is 1. The molecular formula is C32H32N2O5. The standard InChI is InChI=1S/C32H32N2O5/c1-3-37-32(36)34-31(33)27-11-17-30(18-12-27)39-21-24-6-4-5-23(19-24)20-38-29-15-9-26(10-16-29)22(2)25-7-13-28(35)14-8-25/h4-19,22,35H,3,20-21H2,1-2H3,(H2,33,34,36). The van der Waals surface area contributed by atoms with Crippen molar-refractivity contribution in [3.8, 4) is 17.2 Å². The molecule has 0 bridgehead atoms. The molecule has 0 aliphatic rings. The molecule has 0 fully saturated rings. The van der Waals surface area contributed by atoms with E-state index in [1.54, 1.807) is 43.3 Å². The zero-order valence-corrected chi connectivity index (χ0v) is 22.0. The van der Waals surface area contributed by atoms with Crippen LogP contribution in [0.3, 0.4) is 0 Å². The number of carbonyl (C=O) groups is 1. The largest absolute Gasteiger partial charge is 0.508 e. The lowest BCUT2D eigenvalue weighted by molar-refractivity contribution is 0.163. The first-order valence-electron chi connectivity index (χ1n) is 12.7. The van der Waals surface area contributed by atoms with Crippen LogP contribution in [0, 0.1) is 0 Å². The van der Waals surface area contributed by atoms with E-state index in [-0.39, 0.29) is 24.1 Å². The second-order valence-corrected chi connectivity index (χ2v) is 9.00. The lowest BCUT2D eigenvalue weighted by Crippen LogP contribution is -2.16. The Morgan fingerprint density at radius 2 is 1.33 bits per heavy atom. The Labute approximate surface area is 228 Å². The summed E-state index contributed by atoms with van der Waals surface area (Å²) in [4.78, 5) is 15.2. The minimum absolute atomic E-state index is 0.0918. The molecular weight excluding hydrogens is 492 g/mol. The molecule has 200 valence electrons. The van der Waals surface area contributed by atoms with Gasteiger partial charge in [-0.2, -0.15) is 4.99 Å². The second kappa shape index (κ2) is 13.1. The number of benzene rings is 4. The van der Waals surface area contributed by atoms with E-state index < -0.39 is 6.09 Å². The summed E-state index contributed by atoms with van der Waals surface area (Å²) in [6, 6.07) is 30.5. The van der Waals surface area contributed by atoms with Crippen LogP contribution in [0.2, 0.25) is 0 Å². The summed E-state index contributed by atoms with van der Waals surface area (Å²) in [6.45, 7) is 4.92. The first kappa shape index (κ1) is 27.3. The number of amides is 1. The maximum atomic E-state index is 11.5. The zero-order chi connectivity index (χ0) is 27.6. The van der Waals surface area contributed by atoms with Crippen LogP contribution in [0.4, 0.5) is 4.79 Å². The van der Waals surface area contributed by atoms with Crippen molar-refractivity contribution in [1.29, 1.82) is 0 Å². The number of nitrogens with zero attached hydrogens (tertiary/aromatic N) is 1. The Bertz CT molecular complexity index is 1400. The van der Waals surface area contributed by atoms with E-state index in [1.807, 2.05) is 42.5 Å². The summed E-state index contributed by atoms with van der Waals surface area (Å²) in [5.41, 5.74) is 10.8. The van der Waals surface area contributed by atoms with Crippen LogP contribution in [0.25, 0.3) is 0 Å². The first-order chi connectivity index (χ1) is 18.9. The van der Waals surface area contributed by atoms with Gasteiger partial charge in [-0.25, -0.2) is 4.79 Å². The number of phenols is 1. The Morgan fingerprint density at radius 1 is 0.821 bits per heavy atom. The fourth-order valence-corrected chi connectivity index (χ4v) is 3.99. The molecule has 0 radical (unpaired) electrons. The fraction of sp³-hybridized carbons (Fsp3) is 0.188. The van der Waals surface area contributed by atoms with Gasteiger partial charge in [0, 0.05) is 11.5 Å². The van der Waals surface area contributed by atoms with Crippen molar-refractivity contribution in [2.24, 2.45) is 10.7 Å². The van der Waals surface area contributed by atoms with Crippen molar-refractivity contribution in [2.45, 2.75) is 33.0 Å². The summed E-state index contributed by atoms with van der Waals surface area (Å²) in [5, 5.41) is 9.52. The first-order valence-corrected chi connectivity index (χ1v) is 12.7. The van der Waals surface area contributed by atoms with Gasteiger partial charge >= 0.3 is 6.09 Å². The molecule has 39 heavy (non-hydrogen) atoms. The van der Waals surface area contributed by atoms with Crippen LogP contribution in [0.5, 0.6) is 17.2 Å². The van der Waals surface area contributed by atoms with Crippen molar-refractivity contribution < 1.29 is 24.1 Å². The van der Waals surface area contributed by atoms with Gasteiger partial charge in [-0.1, -0.05) is 49.4 Å². The van der Waals surface area contributed by atoms with Gasteiger partial charge in [-0.05, 0) is 83.8 Å². The Balaban J connectivity index is 1.29. The molecule has 4 aromatic rings. The highest BCUT2D eigenvalue weighted by molar-refractivity contribution is 6.02. The third-order valence-electron chi connectivity index (χ3n) is 6.21. The normalized spacial score (nSPS) is 12.0. The van der Waals surface area contributed by atoms with E-state index in [0.717, 1.165) is 22.4 Å². The molecule has 0 saturated carbocycles. The molecule has 0 aliphatic carbocycles. The monoisotopic (exact) mass is 524 g/mol. The SMILES string of the molecule is CCOC(=O)/N=C(\N)c1ccc(OCc2cccc(COc3ccc(C(C)c4ccc(O)cc4)cc3)c2)cc1. The lowest BCUT2D eigenvalue weighted by atomic mass is 9.93. The van der Waals surface area contributed by atoms with Gasteiger partial charge in [0.25, 0.3) is 0 Å². The van der Waals surface area contributed by atoms with Gasteiger partial charge in [0.05, 0.1) is 6.61 Å². The van der Waals surface area contributed by atoms with Gasteiger partial charge in [0.2, 0.25) is 0 Å². The van der Waals surface area contributed by atoms with Gasteiger partial charge < -0.3 is 25.1 Å². The van der Waals surface area contributed by atoms with Crippen molar-refractivity contribution in [3.63, 3.8) is 0 Å². The molecule has 1 amide bonds. The molecule has 1 atom stereocenters. The minimum atomic E-state index is -0.712. The molecule has 0 heterocycles. The summed E-state index contributed by atoms with van der Waals surface area (Å²) in [6.07, 6.45) is -0.712. The van der Waals surface area contributed by atoms with Crippen molar-refractivity contribution in [1.82, 2.24) is 0 Å². The zero-order valence-electron chi connectivity index (χ0n) is 22.0. The molecule has 3 N–H and O–H groups in total. The number of aromatic hydroxyl groups is 1. The molecule has 1 unspecified atom stereocenters. The quantitative estimate of drug-likeness (QED) is 0.180. The Hall–Kier alpha value is -4.78. The highest BCUT2D eigenvalue weighted by Crippen LogP contribution is 2.27. The van der Waals surface area contributed by atoms with E-state index in [4.69, 9.17) is 19.9 Å². The number of hydrogen-bond donors (Lipinski definition) is 2. The maximum Gasteiger partial charge on any atom is 0.435 e. The third kappa shape index (κ3) is 7.85. The highest BCUT2D eigenvalue weighted by atomic mass is 16.5. The van der Waals surface area contributed by atoms with E-state index in [0.29, 0.717) is 24.5 Å². The number of rotatable bonds is 10. The van der Waals surface area contributed by atoms with Crippen LogP contribution in [-0.2, 0) is 18.0 Å². The second-order valence-electron chi connectivity index (χ2n) is 9.00. The van der Waals surface area contributed by atoms with Gasteiger partial charge in [0.1, 0.15) is 36.3 Å². The van der Waals surface area contributed by atoms with Gasteiger partial charge in [0.15, 0.2) is 0 Å². The van der Waals surface area contributed by atoms with Gasteiger partial charge in [-0.15, -0.1) is 0 Å². The average Bonchev–Trinajstić information content (AvgIpc) is 2.96. The molecule has 4 rings (SSSR count). The third-order valence-corrected chi connectivity index (χ3v) is 6.21. The van der Waals surface area contributed by atoms with Crippen LogP contribution in [0.15, 0.2) is 102 Å². The lowest BCUT2D eigenvalue weighted by Gasteiger charge is -2.14. The number of aliphatic imine (C=N–C) groups is 1. The highest BCUT2D eigenvalue weighted by Gasteiger charge is 2.09. The number of carbonyl (C=O) groups excluding carboxylic acids is 1. The molecule has 0 spiro atoms. The van der Waals surface area contributed by atoms with Crippen molar-refractivity contribution >= 4 is 11.9 Å². The van der Waals surface area contributed by atoms with Crippen LogP contribution >= 0.6 is 0 Å². The summed E-state index contributed by atoms with van der Waals surface area (Å²) in [5.74, 6) is 2.04. The van der Waals surface area contributed by atoms with E-state index in [1.165, 1.54) is 5.56 Å². The van der Waals surface area contributed by atoms with Crippen LogP contribution in [-0.4, -0.2) is 23.6 Å². The number of nitrogens with two attached hydrogens (primary N) is 1. The fourth-order valence-electron chi connectivity index (χ4n) is 3.99. The summed E-state index contributed by atoms with van der Waals surface area (Å²) < 4.78 is 16.7. The minimum Gasteiger partial charge on any atom is -0.508 e. The molecule has 0 aliphatic heterocycles. The number of phenolic OH excluding ortho intramolecular Hbond substituents is 1. The smallest absolute Gasteiger partial charge is 0.435 e. The predicted molar refractivity (Wildman–Crippen MR) is 151 cm³/mol. The maximum absolute atomic E-state index is 11.5. The topological polar surface area (TPSA) is 103 Å². The van der Waals surface area contributed by atoms with E-state index in [9.17, 15) is 9.90 Å². The molecule has 7 nitrogen and oxygen atoms in total. The average molecular weight is 525 g/mol.